The molecule has 40 heavy (non-hydrogen) atoms. The van der Waals surface area contributed by atoms with Crippen LogP contribution in [0.4, 0.5) is 5.69 Å². The second-order valence-corrected chi connectivity index (χ2v) is 12.0. The number of carbonyl (C=O) groups is 4. The Morgan fingerprint density at radius 3 is 2.48 bits per heavy atom. The first-order valence-corrected chi connectivity index (χ1v) is 13.1. The van der Waals surface area contributed by atoms with Gasteiger partial charge in [-0.25, -0.2) is 4.79 Å². The van der Waals surface area contributed by atoms with Crippen LogP contribution in [0.2, 0.25) is 0 Å². The molecule has 1 amide bonds. The normalized spacial score (nSPS) is 35.2. The molecule has 2 aromatic rings. The summed E-state index contributed by atoms with van der Waals surface area (Å²) >= 11 is 0. The van der Waals surface area contributed by atoms with Gasteiger partial charge in [0.15, 0.2) is 23.8 Å². The predicted molar refractivity (Wildman–Crippen MR) is 134 cm³/mol. The molecule has 2 aromatic carbocycles. The molecule has 0 bridgehead atoms. The molecule has 208 valence electrons. The molecule has 4 heterocycles. The summed E-state index contributed by atoms with van der Waals surface area (Å²) in [5.74, 6) is -2.12. The number of benzene rings is 2. The maximum Gasteiger partial charge on any atom is 0.338 e. The summed E-state index contributed by atoms with van der Waals surface area (Å²) in [6, 6.07) is 12.9. The minimum Gasteiger partial charge on any atom is -0.461 e. The third-order valence-electron chi connectivity index (χ3n) is 9.34. The highest BCUT2D eigenvalue weighted by molar-refractivity contribution is 6.07. The summed E-state index contributed by atoms with van der Waals surface area (Å²) < 4.78 is 28.5. The summed E-state index contributed by atoms with van der Waals surface area (Å²) in [7, 11) is 0. The molecule has 6 atom stereocenters. The number of nitrogens with zero attached hydrogens (tertiary/aromatic N) is 1. The molecule has 2 spiro atoms. The molecule has 0 radical (unpaired) electrons. The van der Waals surface area contributed by atoms with Crippen LogP contribution in [0.15, 0.2) is 48.5 Å². The summed E-state index contributed by atoms with van der Waals surface area (Å²) in [4.78, 5) is 55.8. The molecular formula is C29H27NO10. The van der Waals surface area contributed by atoms with E-state index in [0.29, 0.717) is 11.5 Å². The van der Waals surface area contributed by atoms with Gasteiger partial charge in [0.1, 0.15) is 16.9 Å². The number of carbonyl (C=O) groups excluding carboxylic acids is 4. The largest absolute Gasteiger partial charge is 0.461 e. The number of rotatable bonds is 3. The summed E-state index contributed by atoms with van der Waals surface area (Å²) in [6.07, 6.45) is -4.75. The summed E-state index contributed by atoms with van der Waals surface area (Å²) in [6.45, 7) is 5.30. The zero-order valence-electron chi connectivity index (χ0n) is 22.0. The topological polar surface area (TPSA) is 138 Å². The van der Waals surface area contributed by atoms with E-state index in [1.807, 2.05) is 0 Å². The van der Waals surface area contributed by atoms with E-state index in [1.165, 1.54) is 17.0 Å². The van der Waals surface area contributed by atoms with Gasteiger partial charge in [-0.2, -0.15) is 0 Å². The fourth-order valence-corrected chi connectivity index (χ4v) is 7.56. The number of esters is 3. The molecule has 3 saturated heterocycles. The molecule has 5 aliphatic rings. The fraction of sp³-hybridized carbons (Fsp3) is 0.448. The number of anilines is 1. The molecule has 4 fully saturated rings. The van der Waals surface area contributed by atoms with E-state index in [1.54, 1.807) is 57.2 Å². The van der Waals surface area contributed by atoms with Gasteiger partial charge in [-0.3, -0.25) is 19.3 Å². The average Bonchev–Trinajstić information content (AvgIpc) is 3.65. The highest BCUT2D eigenvalue weighted by Gasteiger charge is 2.93. The first-order valence-electron chi connectivity index (χ1n) is 13.1. The molecule has 7 rings (SSSR count). The van der Waals surface area contributed by atoms with Gasteiger partial charge in [0, 0.05) is 12.5 Å². The van der Waals surface area contributed by atoms with Crippen LogP contribution >= 0.6 is 0 Å². The molecule has 1 N–H and O–H groups in total. The van der Waals surface area contributed by atoms with Gasteiger partial charge in [0.05, 0.1) is 23.3 Å². The minimum absolute atomic E-state index is 0.000412. The van der Waals surface area contributed by atoms with E-state index in [4.69, 9.17) is 23.7 Å². The van der Waals surface area contributed by atoms with Crippen LogP contribution in [0.3, 0.4) is 0 Å². The number of amides is 1. The zero-order valence-corrected chi connectivity index (χ0v) is 22.0. The number of hydrogen-bond donors (Lipinski definition) is 1. The first kappa shape index (κ1) is 24.9. The van der Waals surface area contributed by atoms with E-state index in [-0.39, 0.29) is 24.5 Å². The van der Waals surface area contributed by atoms with Crippen LogP contribution in [-0.2, 0) is 28.6 Å². The Hall–Kier alpha value is -4.12. The van der Waals surface area contributed by atoms with Crippen molar-refractivity contribution < 1.29 is 48.0 Å². The van der Waals surface area contributed by atoms with Crippen molar-refractivity contribution >= 4 is 29.5 Å². The van der Waals surface area contributed by atoms with Gasteiger partial charge < -0.3 is 28.8 Å². The highest BCUT2D eigenvalue weighted by Crippen LogP contribution is 2.76. The van der Waals surface area contributed by atoms with E-state index in [2.05, 4.69) is 0 Å². The smallest absolute Gasteiger partial charge is 0.338 e. The Kier molecular flexibility index (Phi) is 4.82. The Balaban J connectivity index is 1.47. The molecule has 1 saturated carbocycles. The second kappa shape index (κ2) is 7.75. The molecule has 11 nitrogen and oxygen atoms in total. The SMILES string of the molecule is CC(C)(C)[C@]1(O)C[C@@H]2OC(=O)C[C@@]23C(=O)O[C@@H]2N(c4ccc5c(c4)OCO5)C(=O)[C@H](OC(=O)c4ccccc4)C213. The maximum absolute atomic E-state index is 14.5. The minimum atomic E-state index is -1.88. The van der Waals surface area contributed by atoms with Gasteiger partial charge in [0.25, 0.3) is 5.91 Å². The quantitative estimate of drug-likeness (QED) is 0.449. The maximum atomic E-state index is 14.5. The lowest BCUT2D eigenvalue weighted by molar-refractivity contribution is -0.204. The van der Waals surface area contributed by atoms with Crippen molar-refractivity contribution in [1.29, 1.82) is 0 Å². The number of ether oxygens (including phenoxy) is 5. The van der Waals surface area contributed by atoms with Gasteiger partial charge in [-0.15, -0.1) is 0 Å². The highest BCUT2D eigenvalue weighted by atomic mass is 16.7. The van der Waals surface area contributed by atoms with Crippen molar-refractivity contribution in [3.63, 3.8) is 0 Å². The van der Waals surface area contributed by atoms with Crippen LogP contribution in [0, 0.1) is 16.2 Å². The monoisotopic (exact) mass is 549 g/mol. The third kappa shape index (κ3) is 2.73. The van der Waals surface area contributed by atoms with Gasteiger partial charge in [-0.1, -0.05) is 39.0 Å². The van der Waals surface area contributed by atoms with Gasteiger partial charge >= 0.3 is 17.9 Å². The van der Waals surface area contributed by atoms with Crippen molar-refractivity contribution in [2.45, 2.75) is 57.6 Å². The molecule has 4 aliphatic heterocycles. The average molecular weight is 550 g/mol. The lowest BCUT2D eigenvalue weighted by atomic mass is 9.52. The Morgan fingerprint density at radius 2 is 1.75 bits per heavy atom. The fourth-order valence-electron chi connectivity index (χ4n) is 7.56. The van der Waals surface area contributed by atoms with Crippen LogP contribution < -0.4 is 14.4 Å². The van der Waals surface area contributed by atoms with Crippen molar-refractivity contribution in [3.8, 4) is 11.5 Å². The van der Waals surface area contributed by atoms with Crippen LogP contribution in [0.25, 0.3) is 0 Å². The Bertz CT molecular complexity index is 1480. The zero-order chi connectivity index (χ0) is 28.2. The molecule has 11 heteroatoms. The summed E-state index contributed by atoms with van der Waals surface area (Å²) in [5, 5.41) is 12.7. The van der Waals surface area contributed by atoms with Crippen molar-refractivity contribution in [1.82, 2.24) is 0 Å². The second-order valence-electron chi connectivity index (χ2n) is 12.0. The van der Waals surface area contributed by atoms with E-state index in [9.17, 15) is 24.3 Å². The summed E-state index contributed by atoms with van der Waals surface area (Å²) in [5.41, 5.74) is -6.03. The van der Waals surface area contributed by atoms with Crippen molar-refractivity contribution in [3.05, 3.63) is 54.1 Å². The predicted octanol–water partition coefficient (Wildman–Crippen LogP) is 2.34. The van der Waals surface area contributed by atoms with Crippen LogP contribution in [-0.4, -0.2) is 59.8 Å². The Labute approximate surface area is 228 Å². The Morgan fingerprint density at radius 1 is 1.02 bits per heavy atom. The van der Waals surface area contributed by atoms with Crippen molar-refractivity contribution in [2.24, 2.45) is 16.2 Å². The lowest BCUT2D eigenvalue weighted by Gasteiger charge is -2.51. The van der Waals surface area contributed by atoms with E-state index >= 15 is 0 Å². The number of aliphatic hydroxyl groups is 1. The van der Waals surface area contributed by atoms with E-state index in [0.717, 1.165) is 0 Å². The van der Waals surface area contributed by atoms with Gasteiger partial charge in [0.2, 0.25) is 6.79 Å². The van der Waals surface area contributed by atoms with Crippen molar-refractivity contribution in [2.75, 3.05) is 11.7 Å². The standard InChI is InChI=1S/C29H27NO10/c1-26(2,3)28(35)12-19-27(13-20(31)38-19)25(34)40-24-29(27,28)21(39-23(33)15-7-5-4-6-8-15)22(32)30(24)16-9-10-17-18(11-16)37-14-36-17/h4-11,19,21,24,35H,12-14H2,1-3H3/t19-,21-,24-,27-,28+,29?/m0/s1. The van der Waals surface area contributed by atoms with Crippen LogP contribution in [0.1, 0.15) is 44.0 Å². The third-order valence-corrected chi connectivity index (χ3v) is 9.34. The molecule has 0 aromatic heterocycles. The van der Waals surface area contributed by atoms with Gasteiger partial charge in [-0.05, 0) is 29.7 Å². The molecule has 1 unspecified atom stereocenters. The molecular weight excluding hydrogens is 522 g/mol. The number of fused-ring (bicyclic) bond motifs is 1. The first-order chi connectivity index (χ1) is 19.0. The number of hydrogen-bond acceptors (Lipinski definition) is 10. The molecule has 1 aliphatic carbocycles. The van der Waals surface area contributed by atoms with Crippen LogP contribution in [0.5, 0.6) is 11.5 Å². The van der Waals surface area contributed by atoms with E-state index < -0.39 is 70.5 Å². The lowest BCUT2D eigenvalue weighted by Crippen LogP contribution is -2.66.